The number of anilines is 2. The number of pyridine rings is 1. The quantitative estimate of drug-likeness (QED) is 0.240. The van der Waals surface area contributed by atoms with Crippen LogP contribution >= 0.6 is 0 Å². The second-order valence-corrected chi connectivity index (χ2v) is 13.2. The van der Waals surface area contributed by atoms with Crippen molar-refractivity contribution in [2.45, 2.75) is 45.5 Å². The van der Waals surface area contributed by atoms with Gasteiger partial charge in [-0.15, -0.1) is 10.2 Å². The molecule has 2 fully saturated rings. The molecule has 7 rings (SSSR count). The minimum absolute atomic E-state index is 0.0197. The first-order valence-corrected chi connectivity index (χ1v) is 15.8. The largest absolute Gasteiger partial charge is 0.416 e. The highest BCUT2D eigenvalue weighted by molar-refractivity contribution is 6.10. The monoisotopic (exact) mass is 651 g/mol. The number of hydrogen-bond acceptors (Lipinski definition) is 8. The molecule has 4 heterocycles. The number of carbonyl (C=O) groups excluding carboxylic acids is 1. The van der Waals surface area contributed by atoms with Crippen molar-refractivity contribution in [1.82, 2.24) is 24.6 Å². The second kappa shape index (κ2) is 11.8. The summed E-state index contributed by atoms with van der Waals surface area (Å²) in [6, 6.07) is 15.5. The van der Waals surface area contributed by atoms with Crippen LogP contribution in [0.2, 0.25) is 0 Å². The van der Waals surface area contributed by atoms with Crippen LogP contribution in [-0.4, -0.2) is 50.2 Å². The molecule has 1 N–H and O–H groups in total. The lowest BCUT2D eigenvalue weighted by atomic mass is 9.97. The molecular formula is C35H32F3N9O. The maximum absolute atomic E-state index is 14.5. The lowest BCUT2D eigenvalue weighted by molar-refractivity contribution is -0.138. The Morgan fingerprint density at radius 2 is 1.88 bits per heavy atom. The number of aryl methyl sites for hydroxylation is 1. The van der Waals surface area contributed by atoms with Gasteiger partial charge in [-0.2, -0.15) is 23.7 Å². The molecule has 1 aliphatic carbocycles. The van der Waals surface area contributed by atoms with Crippen LogP contribution in [0.1, 0.15) is 58.8 Å². The molecule has 1 amide bonds. The maximum Gasteiger partial charge on any atom is 0.416 e. The van der Waals surface area contributed by atoms with Crippen molar-refractivity contribution in [3.05, 3.63) is 76.6 Å². The van der Waals surface area contributed by atoms with Crippen molar-refractivity contribution in [3.8, 4) is 34.7 Å². The lowest BCUT2D eigenvalue weighted by Crippen LogP contribution is -2.25. The van der Waals surface area contributed by atoms with Crippen LogP contribution in [0.5, 0.6) is 0 Å². The maximum atomic E-state index is 14.5. The van der Waals surface area contributed by atoms with Gasteiger partial charge in [0.05, 0.1) is 35.7 Å². The first-order valence-electron chi connectivity index (χ1n) is 15.8. The third-order valence-electron chi connectivity index (χ3n) is 9.60. The van der Waals surface area contributed by atoms with Crippen LogP contribution in [0.4, 0.5) is 24.8 Å². The molecular weight excluding hydrogens is 619 g/mol. The molecule has 2 aromatic carbocycles. The Hall–Kier alpha value is -5.27. The minimum Gasteiger partial charge on any atom is -0.369 e. The first kappa shape index (κ1) is 31.3. The van der Waals surface area contributed by atoms with Gasteiger partial charge in [0.15, 0.2) is 5.82 Å². The Balaban J connectivity index is 1.30. The smallest absolute Gasteiger partial charge is 0.369 e. The van der Waals surface area contributed by atoms with Gasteiger partial charge in [-0.05, 0) is 103 Å². The summed E-state index contributed by atoms with van der Waals surface area (Å²) in [7, 11) is 1.78. The van der Waals surface area contributed by atoms with Gasteiger partial charge in [0.2, 0.25) is 0 Å². The number of likely N-dealkylation sites (tertiary alicyclic amines) is 1. The first-order chi connectivity index (χ1) is 23.0. The summed E-state index contributed by atoms with van der Waals surface area (Å²) in [5, 5.41) is 30.4. The number of halogens is 3. The van der Waals surface area contributed by atoms with Crippen molar-refractivity contribution in [2.75, 3.05) is 29.9 Å². The van der Waals surface area contributed by atoms with Gasteiger partial charge in [-0.1, -0.05) is 0 Å². The fraction of sp³-hybridized carbons (Fsp3) is 0.371. The van der Waals surface area contributed by atoms with Gasteiger partial charge in [0.25, 0.3) is 5.91 Å². The highest BCUT2D eigenvalue weighted by atomic mass is 19.4. The number of fused-ring (bicyclic) bond motifs is 1. The molecule has 4 aromatic rings. The molecule has 13 heteroatoms. The number of nitrogens with one attached hydrogen (secondary N) is 1. The fourth-order valence-electron chi connectivity index (χ4n) is 6.78. The number of carbonyl (C=O) groups is 1. The Kier molecular flexibility index (Phi) is 7.68. The molecule has 10 nitrogen and oxygen atoms in total. The predicted molar refractivity (Wildman–Crippen MR) is 171 cm³/mol. The molecule has 1 saturated heterocycles. The van der Waals surface area contributed by atoms with E-state index in [1.165, 1.54) is 11.0 Å². The Morgan fingerprint density at radius 1 is 1.06 bits per heavy atom. The number of hydrogen-bond donors (Lipinski definition) is 1. The third kappa shape index (κ3) is 5.86. The van der Waals surface area contributed by atoms with Crippen molar-refractivity contribution in [2.24, 2.45) is 18.4 Å². The number of amides is 1. The van der Waals surface area contributed by atoms with Crippen molar-refractivity contribution >= 4 is 17.5 Å². The minimum atomic E-state index is -4.66. The Morgan fingerprint density at radius 3 is 2.54 bits per heavy atom. The van der Waals surface area contributed by atoms with E-state index in [2.05, 4.69) is 37.5 Å². The SMILES string of the molecule is C[C@H](C#N)CNc1cc(-c2cc(C#N)ccc2-c2nncn2C)cc(N2Cc3c(cc(CN4CCC5(CC5)C4)cc3C(F)(F)F)C2=O)n1. The van der Waals surface area contributed by atoms with Crippen molar-refractivity contribution in [1.29, 1.82) is 10.5 Å². The molecule has 244 valence electrons. The van der Waals surface area contributed by atoms with Crippen molar-refractivity contribution < 1.29 is 18.0 Å². The van der Waals surface area contributed by atoms with Gasteiger partial charge < -0.3 is 9.88 Å². The van der Waals surface area contributed by atoms with Gasteiger partial charge >= 0.3 is 6.18 Å². The topological polar surface area (TPSA) is 127 Å². The van der Waals surface area contributed by atoms with Gasteiger partial charge in [-0.3, -0.25) is 14.6 Å². The number of alkyl halides is 3. The van der Waals surface area contributed by atoms with E-state index in [0.29, 0.717) is 51.4 Å². The Bertz CT molecular complexity index is 2020. The highest BCUT2D eigenvalue weighted by Gasteiger charge is 2.48. The summed E-state index contributed by atoms with van der Waals surface area (Å²) in [5.74, 6) is 0.0399. The van der Waals surface area contributed by atoms with E-state index in [1.54, 1.807) is 61.3 Å². The molecule has 2 aromatic heterocycles. The van der Waals surface area contributed by atoms with Crippen LogP contribution in [0.3, 0.4) is 0 Å². The third-order valence-corrected chi connectivity index (χ3v) is 9.60. The molecule has 1 atom stereocenters. The van der Waals surface area contributed by atoms with E-state index in [9.17, 15) is 28.5 Å². The predicted octanol–water partition coefficient (Wildman–Crippen LogP) is 6.15. The normalized spacial score (nSPS) is 17.3. The zero-order chi connectivity index (χ0) is 33.8. The van der Waals surface area contributed by atoms with Crippen LogP contribution < -0.4 is 10.2 Å². The summed E-state index contributed by atoms with van der Waals surface area (Å²) in [5.41, 5.74) is 2.08. The van der Waals surface area contributed by atoms with E-state index in [4.69, 9.17) is 0 Å². The van der Waals surface area contributed by atoms with Crippen LogP contribution in [0.25, 0.3) is 22.5 Å². The number of aromatic nitrogens is 4. The van der Waals surface area contributed by atoms with E-state index in [1.807, 2.05) is 0 Å². The Labute approximate surface area is 275 Å². The number of nitriles is 2. The van der Waals surface area contributed by atoms with Crippen molar-refractivity contribution in [3.63, 3.8) is 0 Å². The molecule has 3 aliphatic rings. The molecule has 0 unspecified atom stereocenters. The molecule has 1 spiro atoms. The van der Waals surface area contributed by atoms with E-state index >= 15 is 0 Å². The summed E-state index contributed by atoms with van der Waals surface area (Å²) in [6.07, 6.45) is 0.267. The fourth-order valence-corrected chi connectivity index (χ4v) is 6.78. The van der Waals surface area contributed by atoms with E-state index in [-0.39, 0.29) is 36.0 Å². The summed E-state index contributed by atoms with van der Waals surface area (Å²) in [4.78, 5) is 22.1. The van der Waals surface area contributed by atoms with Gasteiger partial charge in [-0.25, -0.2) is 4.98 Å². The summed E-state index contributed by atoms with van der Waals surface area (Å²) in [6.45, 7) is 3.72. The number of nitrogens with zero attached hydrogens (tertiary/aromatic N) is 8. The number of rotatable bonds is 8. The standard InChI is InChI=1S/C35H32F3N9O/c1-21(14-39)16-41-30-12-24(26-9-22(15-40)3-4-25(26)32-44-42-20-45(32)2)13-31(43-30)47-18-28-27(33(47)48)10-23(11-29(28)35(36,37)38)17-46-8-7-34(19-46)5-6-34/h3-4,9-13,20-21H,5-8,16-19H2,1-2H3,(H,41,43)/t21-/m1/s1. The van der Waals surface area contributed by atoms with E-state index in [0.717, 1.165) is 32.4 Å². The summed E-state index contributed by atoms with van der Waals surface area (Å²) >= 11 is 0. The molecule has 1 saturated carbocycles. The molecule has 2 aliphatic heterocycles. The lowest BCUT2D eigenvalue weighted by Gasteiger charge is -2.19. The molecule has 48 heavy (non-hydrogen) atoms. The van der Waals surface area contributed by atoms with Crippen LogP contribution in [0, 0.1) is 34.0 Å². The van der Waals surface area contributed by atoms with Gasteiger partial charge in [0, 0.05) is 37.8 Å². The molecule has 0 radical (unpaired) electrons. The average molecular weight is 652 g/mol. The highest BCUT2D eigenvalue weighted by Crippen LogP contribution is 2.53. The van der Waals surface area contributed by atoms with E-state index < -0.39 is 17.6 Å². The van der Waals surface area contributed by atoms with Crippen LogP contribution in [0.15, 0.2) is 48.8 Å². The zero-order valence-corrected chi connectivity index (χ0v) is 26.5. The van der Waals surface area contributed by atoms with Crippen LogP contribution in [-0.2, 0) is 26.3 Å². The molecule has 0 bridgehead atoms. The zero-order valence-electron chi connectivity index (χ0n) is 26.5. The number of benzene rings is 2. The second-order valence-electron chi connectivity index (χ2n) is 13.2. The average Bonchev–Trinajstić information content (AvgIpc) is 3.33. The van der Waals surface area contributed by atoms with Gasteiger partial charge in [0.1, 0.15) is 18.0 Å². The summed E-state index contributed by atoms with van der Waals surface area (Å²) < 4.78 is 45.3.